The molecule has 0 bridgehead atoms. The molecule has 0 spiro atoms. The SMILES string of the molecule is Cc1nonc1CN1CC2CN(c3cc(C(C)C)ncn3)CC2C1. The number of rotatable bonds is 4. The number of fused-ring (bicyclic) bond motifs is 1. The van der Waals surface area contributed by atoms with Crippen LogP contribution in [0.15, 0.2) is 17.0 Å². The Hall–Kier alpha value is -2.02. The van der Waals surface area contributed by atoms with Gasteiger partial charge in [0.1, 0.15) is 23.5 Å². The molecule has 7 nitrogen and oxygen atoms in total. The zero-order valence-electron chi connectivity index (χ0n) is 14.5. The van der Waals surface area contributed by atoms with Gasteiger partial charge < -0.3 is 4.90 Å². The highest BCUT2D eigenvalue weighted by Crippen LogP contribution is 2.34. The average Bonchev–Trinajstić information content (AvgIpc) is 3.23. The molecule has 128 valence electrons. The minimum Gasteiger partial charge on any atom is -0.356 e. The maximum Gasteiger partial charge on any atom is 0.132 e. The number of aromatic nitrogens is 4. The smallest absolute Gasteiger partial charge is 0.132 e. The van der Waals surface area contributed by atoms with Gasteiger partial charge >= 0.3 is 0 Å². The minimum atomic E-state index is 0.434. The van der Waals surface area contributed by atoms with E-state index in [1.54, 1.807) is 6.33 Å². The van der Waals surface area contributed by atoms with Crippen molar-refractivity contribution in [2.75, 3.05) is 31.1 Å². The minimum absolute atomic E-state index is 0.434. The van der Waals surface area contributed by atoms with E-state index >= 15 is 0 Å². The van der Waals surface area contributed by atoms with Crippen LogP contribution in [-0.4, -0.2) is 51.4 Å². The maximum absolute atomic E-state index is 4.81. The first kappa shape index (κ1) is 15.5. The molecule has 2 atom stereocenters. The second kappa shape index (κ2) is 6.12. The van der Waals surface area contributed by atoms with E-state index in [-0.39, 0.29) is 0 Å². The normalized spacial score (nSPS) is 24.1. The summed E-state index contributed by atoms with van der Waals surface area (Å²) in [6, 6.07) is 2.15. The van der Waals surface area contributed by atoms with Crippen LogP contribution < -0.4 is 4.90 Å². The number of nitrogens with zero attached hydrogens (tertiary/aromatic N) is 6. The summed E-state index contributed by atoms with van der Waals surface area (Å²) in [4.78, 5) is 13.8. The average molecular weight is 328 g/mol. The van der Waals surface area contributed by atoms with Crippen LogP contribution in [0.1, 0.15) is 36.8 Å². The van der Waals surface area contributed by atoms with Crippen LogP contribution in [0.3, 0.4) is 0 Å². The number of hydrogen-bond donors (Lipinski definition) is 0. The molecular weight excluding hydrogens is 304 g/mol. The van der Waals surface area contributed by atoms with E-state index in [1.165, 1.54) is 0 Å². The molecule has 2 fully saturated rings. The van der Waals surface area contributed by atoms with Crippen molar-refractivity contribution in [2.45, 2.75) is 33.2 Å². The zero-order valence-corrected chi connectivity index (χ0v) is 14.5. The fourth-order valence-electron chi connectivity index (χ4n) is 3.86. The molecule has 4 rings (SSSR count). The summed E-state index contributed by atoms with van der Waals surface area (Å²) in [5.41, 5.74) is 2.98. The molecule has 0 N–H and O–H groups in total. The fraction of sp³-hybridized carbons (Fsp3) is 0.647. The molecule has 2 aromatic heterocycles. The fourth-order valence-corrected chi connectivity index (χ4v) is 3.86. The van der Waals surface area contributed by atoms with Crippen LogP contribution in [0.25, 0.3) is 0 Å². The second-order valence-corrected chi connectivity index (χ2v) is 7.37. The van der Waals surface area contributed by atoms with Crippen LogP contribution >= 0.6 is 0 Å². The van der Waals surface area contributed by atoms with Gasteiger partial charge in [-0.2, -0.15) is 0 Å². The Morgan fingerprint density at radius 2 is 1.88 bits per heavy atom. The maximum atomic E-state index is 4.81. The summed E-state index contributed by atoms with van der Waals surface area (Å²) in [6.45, 7) is 11.5. The molecule has 0 aliphatic carbocycles. The Morgan fingerprint density at radius 1 is 1.12 bits per heavy atom. The van der Waals surface area contributed by atoms with Crippen molar-refractivity contribution in [3.05, 3.63) is 29.5 Å². The van der Waals surface area contributed by atoms with Crippen LogP contribution in [0.2, 0.25) is 0 Å². The van der Waals surface area contributed by atoms with Gasteiger partial charge in [0, 0.05) is 44.5 Å². The van der Waals surface area contributed by atoms with Crippen LogP contribution in [0.5, 0.6) is 0 Å². The summed E-state index contributed by atoms with van der Waals surface area (Å²) in [7, 11) is 0. The largest absolute Gasteiger partial charge is 0.356 e. The molecule has 2 unspecified atom stereocenters. The predicted octanol–water partition coefficient (Wildman–Crippen LogP) is 1.86. The van der Waals surface area contributed by atoms with E-state index < -0.39 is 0 Å². The molecule has 2 saturated heterocycles. The van der Waals surface area contributed by atoms with Crippen molar-refractivity contribution < 1.29 is 4.63 Å². The van der Waals surface area contributed by atoms with Gasteiger partial charge in [0.05, 0.1) is 0 Å². The van der Waals surface area contributed by atoms with E-state index in [0.717, 1.165) is 55.6 Å². The first-order chi connectivity index (χ1) is 11.6. The molecule has 2 aliphatic heterocycles. The Balaban J connectivity index is 1.39. The summed E-state index contributed by atoms with van der Waals surface area (Å²) in [5.74, 6) is 2.90. The Kier molecular flexibility index (Phi) is 3.96. The van der Waals surface area contributed by atoms with Crippen LogP contribution in [-0.2, 0) is 6.54 Å². The lowest BCUT2D eigenvalue weighted by Crippen LogP contribution is -2.29. The first-order valence-electron chi connectivity index (χ1n) is 8.67. The molecular formula is C17H24N6O. The van der Waals surface area contributed by atoms with Gasteiger partial charge in [0.15, 0.2) is 0 Å². The Labute approximate surface area is 142 Å². The van der Waals surface area contributed by atoms with Gasteiger partial charge in [-0.25, -0.2) is 14.6 Å². The Morgan fingerprint density at radius 3 is 2.50 bits per heavy atom. The van der Waals surface area contributed by atoms with E-state index in [0.29, 0.717) is 17.8 Å². The van der Waals surface area contributed by atoms with Crippen molar-refractivity contribution in [1.29, 1.82) is 0 Å². The number of aryl methyl sites for hydroxylation is 1. The van der Waals surface area contributed by atoms with Crippen molar-refractivity contribution >= 4 is 5.82 Å². The molecule has 7 heteroatoms. The van der Waals surface area contributed by atoms with Crippen molar-refractivity contribution in [3.8, 4) is 0 Å². The standard InChI is InChI=1S/C17H24N6O/c1-11(2)15-4-17(19-10-18-15)23-7-13-5-22(6-14(13)8-23)9-16-12(3)20-24-21-16/h4,10-11,13-14H,5-9H2,1-3H3. The monoisotopic (exact) mass is 328 g/mol. The molecule has 2 aromatic rings. The van der Waals surface area contributed by atoms with E-state index in [1.807, 2.05) is 6.92 Å². The summed E-state index contributed by atoms with van der Waals surface area (Å²) in [6.07, 6.45) is 1.70. The van der Waals surface area contributed by atoms with E-state index in [4.69, 9.17) is 4.63 Å². The van der Waals surface area contributed by atoms with Gasteiger partial charge in [0.25, 0.3) is 0 Å². The van der Waals surface area contributed by atoms with E-state index in [9.17, 15) is 0 Å². The quantitative estimate of drug-likeness (QED) is 0.848. The topological polar surface area (TPSA) is 71.2 Å². The molecule has 2 aliphatic rings. The summed E-state index contributed by atoms with van der Waals surface area (Å²) < 4.78 is 4.81. The molecule has 4 heterocycles. The highest BCUT2D eigenvalue weighted by atomic mass is 16.6. The van der Waals surface area contributed by atoms with Crippen LogP contribution in [0.4, 0.5) is 5.82 Å². The third kappa shape index (κ3) is 2.88. The molecule has 0 saturated carbocycles. The van der Waals surface area contributed by atoms with Crippen molar-refractivity contribution in [2.24, 2.45) is 11.8 Å². The molecule has 24 heavy (non-hydrogen) atoms. The second-order valence-electron chi connectivity index (χ2n) is 7.37. The summed E-state index contributed by atoms with van der Waals surface area (Å²) >= 11 is 0. The number of anilines is 1. The van der Waals surface area contributed by atoms with Crippen molar-refractivity contribution in [1.82, 2.24) is 25.2 Å². The highest BCUT2D eigenvalue weighted by molar-refractivity contribution is 5.41. The summed E-state index contributed by atoms with van der Waals surface area (Å²) in [5, 5.41) is 7.88. The van der Waals surface area contributed by atoms with Gasteiger partial charge in [-0.1, -0.05) is 24.2 Å². The lowest BCUT2D eigenvalue weighted by molar-refractivity contribution is 0.275. The zero-order chi connectivity index (χ0) is 16.7. The number of hydrogen-bond acceptors (Lipinski definition) is 7. The van der Waals surface area contributed by atoms with Gasteiger partial charge in [-0.15, -0.1) is 0 Å². The van der Waals surface area contributed by atoms with E-state index in [2.05, 4.69) is 50.0 Å². The molecule has 0 radical (unpaired) electrons. The van der Waals surface area contributed by atoms with Crippen LogP contribution in [0, 0.1) is 18.8 Å². The van der Waals surface area contributed by atoms with Gasteiger partial charge in [0.2, 0.25) is 0 Å². The third-order valence-electron chi connectivity index (χ3n) is 5.27. The first-order valence-corrected chi connectivity index (χ1v) is 8.67. The highest BCUT2D eigenvalue weighted by Gasteiger charge is 2.40. The van der Waals surface area contributed by atoms with Crippen molar-refractivity contribution in [3.63, 3.8) is 0 Å². The van der Waals surface area contributed by atoms with Gasteiger partial charge in [-0.3, -0.25) is 4.90 Å². The number of likely N-dealkylation sites (tertiary alicyclic amines) is 1. The molecule has 0 amide bonds. The molecule has 0 aromatic carbocycles. The Bertz CT molecular complexity index is 701. The van der Waals surface area contributed by atoms with Gasteiger partial charge in [-0.05, 0) is 24.7 Å². The lowest BCUT2D eigenvalue weighted by Gasteiger charge is -2.22. The lowest BCUT2D eigenvalue weighted by atomic mass is 10.0. The third-order valence-corrected chi connectivity index (χ3v) is 5.27. The predicted molar refractivity (Wildman–Crippen MR) is 89.6 cm³/mol.